The van der Waals surface area contributed by atoms with Gasteiger partial charge in [-0.2, -0.15) is 0 Å². The number of carbonyl (C=O) groups is 3. The predicted octanol–water partition coefficient (Wildman–Crippen LogP) is 18.2. The van der Waals surface area contributed by atoms with Crippen molar-refractivity contribution in [2.45, 2.75) is 271 Å². The van der Waals surface area contributed by atoms with Crippen molar-refractivity contribution in [3.05, 3.63) is 72.9 Å². The lowest BCUT2D eigenvalue weighted by atomic mass is 10.1. The summed E-state index contributed by atoms with van der Waals surface area (Å²) in [6, 6.07) is 0. The Balaban J connectivity index is 4.42. The van der Waals surface area contributed by atoms with Crippen LogP contribution in [0.2, 0.25) is 0 Å². The van der Waals surface area contributed by atoms with Gasteiger partial charge in [-0.1, -0.05) is 229 Å². The van der Waals surface area contributed by atoms with Crippen molar-refractivity contribution in [3.8, 4) is 0 Å². The topological polar surface area (TPSA) is 78.9 Å². The minimum Gasteiger partial charge on any atom is -0.462 e. The maximum Gasteiger partial charge on any atom is 0.306 e. The second kappa shape index (κ2) is 53.5. The first-order valence-corrected chi connectivity index (χ1v) is 27.4. The number of hydrogen-bond acceptors (Lipinski definition) is 6. The summed E-state index contributed by atoms with van der Waals surface area (Å²) in [7, 11) is 0. The van der Waals surface area contributed by atoms with Crippen LogP contribution in [0.3, 0.4) is 0 Å². The monoisotopic (exact) mass is 907 g/mol. The molecule has 0 aromatic rings. The van der Waals surface area contributed by atoms with Gasteiger partial charge in [0, 0.05) is 19.3 Å². The number of allylic oxidation sites excluding steroid dienone is 12. The van der Waals surface area contributed by atoms with E-state index in [0.717, 1.165) is 96.3 Å². The van der Waals surface area contributed by atoms with E-state index < -0.39 is 6.10 Å². The molecule has 0 aliphatic carbocycles. The van der Waals surface area contributed by atoms with E-state index in [0.29, 0.717) is 19.3 Å². The van der Waals surface area contributed by atoms with Gasteiger partial charge in [0.2, 0.25) is 0 Å². The Morgan fingerprint density at radius 2 is 0.600 bits per heavy atom. The van der Waals surface area contributed by atoms with Crippen LogP contribution in [-0.4, -0.2) is 37.2 Å². The fraction of sp³-hybridized carbons (Fsp3) is 0.746. The minimum atomic E-state index is -0.792. The van der Waals surface area contributed by atoms with Crippen molar-refractivity contribution in [3.63, 3.8) is 0 Å². The Kier molecular flexibility index (Phi) is 50.9. The van der Waals surface area contributed by atoms with Crippen molar-refractivity contribution in [2.24, 2.45) is 0 Å². The molecule has 6 nitrogen and oxygen atoms in total. The van der Waals surface area contributed by atoms with Crippen LogP contribution in [0.25, 0.3) is 0 Å². The van der Waals surface area contributed by atoms with E-state index in [1.165, 1.54) is 128 Å². The Labute approximate surface area is 402 Å². The molecule has 0 aliphatic rings. The summed E-state index contributed by atoms with van der Waals surface area (Å²) in [5.41, 5.74) is 0. The first-order chi connectivity index (χ1) is 32.0. The molecule has 0 radical (unpaired) electrons. The quantitative estimate of drug-likeness (QED) is 0.0262. The molecule has 0 saturated heterocycles. The van der Waals surface area contributed by atoms with Crippen molar-refractivity contribution >= 4 is 17.9 Å². The molecule has 0 unspecified atom stereocenters. The smallest absolute Gasteiger partial charge is 0.306 e. The zero-order chi connectivity index (χ0) is 47.2. The molecule has 0 aliphatic heterocycles. The third kappa shape index (κ3) is 51.7. The van der Waals surface area contributed by atoms with Gasteiger partial charge in [0.25, 0.3) is 0 Å². The standard InChI is InChI=1S/C59H102O6/c1-4-7-10-13-16-19-22-24-26-28-29-31-33-35-38-41-44-47-50-53-59(62)65-56(54-63-57(60)51-48-45-42-39-36-21-18-15-12-9-6-3)55-64-58(61)52-49-46-43-40-37-34-32-30-27-25-23-20-17-14-11-8-5-2/h7,10,16,19,24-27,29,31,35,38,56H,4-6,8-9,11-15,17-18,20-23,28,30,32-34,36-37,39-55H2,1-3H3/b10-7-,19-16-,26-24-,27-25-,31-29-,38-35-/t56-/m0/s1. The Hall–Kier alpha value is -3.15. The number of ether oxygens (including phenoxy) is 3. The lowest BCUT2D eigenvalue weighted by Gasteiger charge is -2.18. The number of rotatable bonds is 49. The molecule has 0 bridgehead atoms. The van der Waals surface area contributed by atoms with E-state index in [2.05, 4.69) is 93.7 Å². The molecule has 0 N–H and O–H groups in total. The molecule has 0 amide bonds. The third-order valence-corrected chi connectivity index (χ3v) is 11.7. The number of hydrogen-bond donors (Lipinski definition) is 0. The average Bonchev–Trinajstić information content (AvgIpc) is 3.30. The fourth-order valence-electron chi connectivity index (χ4n) is 7.58. The maximum atomic E-state index is 12.8. The average molecular weight is 907 g/mol. The highest BCUT2D eigenvalue weighted by molar-refractivity contribution is 5.71. The van der Waals surface area contributed by atoms with Crippen LogP contribution in [0, 0.1) is 0 Å². The molecule has 65 heavy (non-hydrogen) atoms. The zero-order valence-corrected chi connectivity index (χ0v) is 42.7. The lowest BCUT2D eigenvalue weighted by Crippen LogP contribution is -2.30. The fourth-order valence-corrected chi connectivity index (χ4v) is 7.58. The first kappa shape index (κ1) is 61.9. The second-order valence-electron chi connectivity index (χ2n) is 18.1. The summed E-state index contributed by atoms with van der Waals surface area (Å²) in [6.07, 6.45) is 67.4. The van der Waals surface area contributed by atoms with E-state index in [1.807, 2.05) is 0 Å². The van der Waals surface area contributed by atoms with Crippen LogP contribution in [0.5, 0.6) is 0 Å². The molecule has 0 heterocycles. The summed E-state index contributed by atoms with van der Waals surface area (Å²) in [6.45, 7) is 6.49. The molecule has 0 saturated carbocycles. The molecular weight excluding hydrogens is 805 g/mol. The second-order valence-corrected chi connectivity index (χ2v) is 18.1. The lowest BCUT2D eigenvalue weighted by molar-refractivity contribution is -0.167. The van der Waals surface area contributed by atoms with E-state index >= 15 is 0 Å². The van der Waals surface area contributed by atoms with Gasteiger partial charge < -0.3 is 14.2 Å². The summed E-state index contributed by atoms with van der Waals surface area (Å²) in [5.74, 6) is -0.920. The molecular formula is C59H102O6. The Bertz CT molecular complexity index is 1230. The third-order valence-electron chi connectivity index (χ3n) is 11.7. The van der Waals surface area contributed by atoms with E-state index in [9.17, 15) is 14.4 Å². The SMILES string of the molecule is CC/C=C\C/C=C\C/C=C\C/C=C\C/C=C\CCCCCC(=O)O[C@H](COC(=O)CCCCCCCCC/C=C\CCCCCCCC)COC(=O)CCCCCCCCCCCCC. The molecule has 0 rings (SSSR count). The molecule has 6 heteroatoms. The maximum absolute atomic E-state index is 12.8. The number of esters is 3. The van der Waals surface area contributed by atoms with Crippen LogP contribution in [-0.2, 0) is 28.6 Å². The van der Waals surface area contributed by atoms with Gasteiger partial charge in [-0.05, 0) is 89.9 Å². The van der Waals surface area contributed by atoms with Crippen molar-refractivity contribution in [2.75, 3.05) is 13.2 Å². The summed E-state index contributed by atoms with van der Waals surface area (Å²) < 4.78 is 16.8. The van der Waals surface area contributed by atoms with Crippen molar-refractivity contribution in [1.29, 1.82) is 0 Å². The summed E-state index contributed by atoms with van der Waals surface area (Å²) >= 11 is 0. The highest BCUT2D eigenvalue weighted by atomic mass is 16.6. The highest BCUT2D eigenvalue weighted by Gasteiger charge is 2.19. The van der Waals surface area contributed by atoms with Crippen molar-refractivity contribution in [1.82, 2.24) is 0 Å². The predicted molar refractivity (Wildman–Crippen MR) is 279 cm³/mol. The van der Waals surface area contributed by atoms with Gasteiger partial charge in [-0.3, -0.25) is 14.4 Å². The van der Waals surface area contributed by atoms with E-state index in [-0.39, 0.29) is 31.1 Å². The molecule has 0 aromatic heterocycles. The summed E-state index contributed by atoms with van der Waals surface area (Å²) in [5, 5.41) is 0. The van der Waals surface area contributed by atoms with Gasteiger partial charge in [0.15, 0.2) is 6.10 Å². The molecule has 1 atom stereocenters. The van der Waals surface area contributed by atoms with Gasteiger partial charge in [-0.25, -0.2) is 0 Å². The first-order valence-electron chi connectivity index (χ1n) is 27.4. The van der Waals surface area contributed by atoms with Crippen LogP contribution in [0.4, 0.5) is 0 Å². The van der Waals surface area contributed by atoms with Crippen LogP contribution >= 0.6 is 0 Å². The largest absolute Gasteiger partial charge is 0.462 e. The number of carbonyl (C=O) groups excluding carboxylic acids is 3. The van der Waals surface area contributed by atoms with Gasteiger partial charge in [0.05, 0.1) is 0 Å². The van der Waals surface area contributed by atoms with Gasteiger partial charge in [0.1, 0.15) is 13.2 Å². The normalized spacial score (nSPS) is 12.6. The molecule has 0 spiro atoms. The number of unbranched alkanes of at least 4 members (excludes halogenated alkanes) is 26. The Morgan fingerprint density at radius 1 is 0.323 bits per heavy atom. The Morgan fingerprint density at radius 3 is 0.969 bits per heavy atom. The van der Waals surface area contributed by atoms with Gasteiger partial charge >= 0.3 is 17.9 Å². The molecule has 0 aromatic carbocycles. The van der Waals surface area contributed by atoms with E-state index in [1.54, 1.807) is 0 Å². The zero-order valence-electron chi connectivity index (χ0n) is 42.7. The minimum absolute atomic E-state index is 0.0884. The molecule has 0 fully saturated rings. The molecule has 374 valence electrons. The van der Waals surface area contributed by atoms with Crippen LogP contribution in [0.1, 0.15) is 265 Å². The van der Waals surface area contributed by atoms with Crippen LogP contribution < -0.4 is 0 Å². The van der Waals surface area contributed by atoms with Crippen LogP contribution in [0.15, 0.2) is 72.9 Å². The van der Waals surface area contributed by atoms with Crippen molar-refractivity contribution < 1.29 is 28.6 Å². The highest BCUT2D eigenvalue weighted by Crippen LogP contribution is 2.15. The van der Waals surface area contributed by atoms with Gasteiger partial charge in [-0.15, -0.1) is 0 Å². The summed E-state index contributed by atoms with van der Waals surface area (Å²) in [4.78, 5) is 38.0. The van der Waals surface area contributed by atoms with E-state index in [4.69, 9.17) is 14.2 Å².